The molecule has 0 fully saturated rings. The van der Waals surface area contributed by atoms with Crippen molar-refractivity contribution in [3.05, 3.63) is 16.4 Å². The van der Waals surface area contributed by atoms with Gasteiger partial charge in [0.05, 0.1) is 6.54 Å². The Morgan fingerprint density at radius 3 is 2.60 bits per heavy atom. The molecule has 0 aliphatic carbocycles. The predicted octanol–water partition coefficient (Wildman–Crippen LogP) is 2.76. The Balaban J connectivity index is 2.65. The molecular formula is C13H20BrN3O3. The van der Waals surface area contributed by atoms with E-state index in [0.29, 0.717) is 16.8 Å². The summed E-state index contributed by atoms with van der Waals surface area (Å²) in [6.07, 6.45) is -0.486. The zero-order valence-electron chi connectivity index (χ0n) is 12.4. The first kappa shape index (κ1) is 16.7. The molecule has 0 aromatic carbocycles. The lowest BCUT2D eigenvalue weighted by atomic mass is 10.2. The quantitative estimate of drug-likeness (QED) is 0.851. The molecule has 1 aromatic rings. The average Bonchev–Trinajstić information content (AvgIpc) is 2.55. The van der Waals surface area contributed by atoms with Crippen LogP contribution in [-0.2, 0) is 11.3 Å². The Morgan fingerprint density at radius 2 is 2.10 bits per heavy atom. The number of Topliss-reactive ketones (excluding diaryl/α,β-unsaturated/α-hetero) is 1. The van der Waals surface area contributed by atoms with Gasteiger partial charge in [-0.25, -0.2) is 4.79 Å². The highest BCUT2D eigenvalue weighted by Gasteiger charge is 2.19. The van der Waals surface area contributed by atoms with Crippen molar-refractivity contribution in [2.45, 2.75) is 52.8 Å². The number of carbonyl (C=O) groups excluding carboxylic acids is 2. The summed E-state index contributed by atoms with van der Waals surface area (Å²) >= 11 is 3.24. The molecule has 1 aromatic heterocycles. The van der Waals surface area contributed by atoms with Crippen molar-refractivity contribution in [2.75, 3.05) is 0 Å². The van der Waals surface area contributed by atoms with E-state index >= 15 is 0 Å². The first-order valence-electron chi connectivity index (χ1n) is 6.32. The molecule has 1 atom stereocenters. The number of nitrogens with zero attached hydrogens (tertiary/aromatic N) is 2. The van der Waals surface area contributed by atoms with Crippen LogP contribution in [0.5, 0.6) is 0 Å². The second kappa shape index (κ2) is 6.39. The summed E-state index contributed by atoms with van der Waals surface area (Å²) in [6.45, 7) is 9.09. The van der Waals surface area contributed by atoms with Gasteiger partial charge in [0.25, 0.3) is 0 Å². The summed E-state index contributed by atoms with van der Waals surface area (Å²) in [5, 5.41) is 6.89. The highest BCUT2D eigenvalue weighted by molar-refractivity contribution is 9.10. The van der Waals surface area contributed by atoms with Crippen LogP contribution in [0.1, 0.15) is 45.1 Å². The lowest BCUT2D eigenvalue weighted by Crippen LogP contribution is -2.40. The number of amides is 1. The van der Waals surface area contributed by atoms with Gasteiger partial charge in [-0.1, -0.05) is 0 Å². The molecule has 0 bridgehead atoms. The van der Waals surface area contributed by atoms with Gasteiger partial charge in [-0.3, -0.25) is 9.48 Å². The normalized spacial score (nSPS) is 12.9. The maximum Gasteiger partial charge on any atom is 0.407 e. The molecule has 1 N–H and O–H groups in total. The van der Waals surface area contributed by atoms with Gasteiger partial charge in [-0.05, 0) is 43.6 Å². The van der Waals surface area contributed by atoms with Crippen LogP contribution in [-0.4, -0.2) is 33.3 Å². The van der Waals surface area contributed by atoms with Crippen LogP contribution in [0, 0.1) is 0 Å². The lowest BCUT2D eigenvalue weighted by Gasteiger charge is -2.22. The standard InChI is InChI=1S/C13H20BrN3O3/c1-8(15-12(19)20-13(3,4)5)7-17-10(9(2)18)6-11(14)16-17/h6,8H,7H2,1-5H3,(H,15,19)/t8-/m1/s1. The van der Waals surface area contributed by atoms with Crippen molar-refractivity contribution < 1.29 is 14.3 Å². The zero-order chi connectivity index (χ0) is 15.5. The Morgan fingerprint density at radius 1 is 1.50 bits per heavy atom. The van der Waals surface area contributed by atoms with Crippen LogP contribution < -0.4 is 5.32 Å². The maximum atomic E-state index is 11.6. The summed E-state index contributed by atoms with van der Waals surface area (Å²) in [7, 11) is 0. The summed E-state index contributed by atoms with van der Waals surface area (Å²) in [6, 6.07) is 1.44. The number of alkyl carbamates (subject to hydrolysis) is 1. The fourth-order valence-electron chi connectivity index (χ4n) is 1.62. The Labute approximate surface area is 127 Å². The third-order valence-electron chi connectivity index (χ3n) is 2.32. The van der Waals surface area contributed by atoms with E-state index < -0.39 is 11.7 Å². The second-order valence-electron chi connectivity index (χ2n) is 5.64. The van der Waals surface area contributed by atoms with Crippen molar-refractivity contribution in [3.63, 3.8) is 0 Å². The molecule has 0 saturated carbocycles. The largest absolute Gasteiger partial charge is 0.444 e. The topological polar surface area (TPSA) is 73.2 Å². The Bertz CT molecular complexity index is 505. The van der Waals surface area contributed by atoms with Crippen LogP contribution >= 0.6 is 15.9 Å². The SMILES string of the molecule is CC(=O)c1cc(Br)nn1C[C@@H](C)NC(=O)OC(C)(C)C. The number of ketones is 1. The summed E-state index contributed by atoms with van der Waals surface area (Å²) in [4.78, 5) is 23.1. The number of ether oxygens (including phenoxy) is 1. The third-order valence-corrected chi connectivity index (χ3v) is 2.71. The number of carbonyl (C=O) groups is 2. The van der Waals surface area contributed by atoms with Gasteiger partial charge in [0, 0.05) is 19.0 Å². The number of halogens is 1. The number of aromatic nitrogens is 2. The fraction of sp³-hybridized carbons (Fsp3) is 0.615. The van der Waals surface area contributed by atoms with Gasteiger partial charge < -0.3 is 10.1 Å². The Hall–Kier alpha value is -1.37. The van der Waals surface area contributed by atoms with E-state index in [1.807, 2.05) is 6.92 Å². The molecule has 1 amide bonds. The number of rotatable bonds is 4. The number of hydrogen-bond donors (Lipinski definition) is 1. The molecule has 20 heavy (non-hydrogen) atoms. The molecule has 7 heteroatoms. The van der Waals surface area contributed by atoms with Crippen molar-refractivity contribution >= 4 is 27.8 Å². The third kappa shape index (κ3) is 5.32. The van der Waals surface area contributed by atoms with Gasteiger partial charge in [-0.15, -0.1) is 0 Å². The van der Waals surface area contributed by atoms with E-state index in [-0.39, 0.29) is 11.8 Å². The average molecular weight is 346 g/mol. The predicted molar refractivity (Wildman–Crippen MR) is 78.8 cm³/mol. The number of hydrogen-bond acceptors (Lipinski definition) is 4. The summed E-state index contributed by atoms with van der Waals surface area (Å²) in [5.74, 6) is -0.0762. The van der Waals surface area contributed by atoms with E-state index in [9.17, 15) is 9.59 Å². The first-order valence-corrected chi connectivity index (χ1v) is 7.11. The van der Waals surface area contributed by atoms with E-state index in [4.69, 9.17) is 4.74 Å². The van der Waals surface area contributed by atoms with Crippen molar-refractivity contribution in [2.24, 2.45) is 0 Å². The molecule has 1 heterocycles. The minimum Gasteiger partial charge on any atom is -0.444 e. The van der Waals surface area contributed by atoms with Gasteiger partial charge in [0.2, 0.25) is 0 Å². The zero-order valence-corrected chi connectivity index (χ0v) is 13.9. The number of nitrogens with one attached hydrogen (secondary N) is 1. The van der Waals surface area contributed by atoms with Crippen molar-refractivity contribution in [1.82, 2.24) is 15.1 Å². The summed E-state index contributed by atoms with van der Waals surface area (Å²) in [5.41, 5.74) is -0.0435. The highest BCUT2D eigenvalue weighted by Crippen LogP contribution is 2.12. The molecule has 1 rings (SSSR count). The summed E-state index contributed by atoms with van der Waals surface area (Å²) < 4.78 is 7.33. The van der Waals surface area contributed by atoms with E-state index in [0.717, 1.165) is 0 Å². The van der Waals surface area contributed by atoms with Crippen LogP contribution in [0.4, 0.5) is 4.79 Å². The van der Waals surface area contributed by atoms with Gasteiger partial charge in [-0.2, -0.15) is 5.10 Å². The first-order chi connectivity index (χ1) is 9.08. The van der Waals surface area contributed by atoms with Crippen LogP contribution in [0.25, 0.3) is 0 Å². The molecule has 0 unspecified atom stereocenters. The molecule has 0 radical (unpaired) electrons. The molecule has 6 nitrogen and oxygen atoms in total. The minimum atomic E-state index is -0.539. The van der Waals surface area contributed by atoms with E-state index in [1.165, 1.54) is 6.92 Å². The fourth-order valence-corrected chi connectivity index (χ4v) is 2.03. The molecular weight excluding hydrogens is 326 g/mol. The van der Waals surface area contributed by atoms with Crippen LogP contribution in [0.2, 0.25) is 0 Å². The molecule has 0 aliphatic heterocycles. The Kier molecular flexibility index (Phi) is 5.33. The second-order valence-corrected chi connectivity index (χ2v) is 6.45. The van der Waals surface area contributed by atoms with E-state index in [2.05, 4.69) is 26.3 Å². The molecule has 0 spiro atoms. The van der Waals surface area contributed by atoms with Gasteiger partial charge >= 0.3 is 6.09 Å². The molecule has 0 aliphatic rings. The van der Waals surface area contributed by atoms with Gasteiger partial charge in [0.15, 0.2) is 5.78 Å². The van der Waals surface area contributed by atoms with E-state index in [1.54, 1.807) is 31.5 Å². The smallest absolute Gasteiger partial charge is 0.407 e. The van der Waals surface area contributed by atoms with Crippen molar-refractivity contribution in [1.29, 1.82) is 0 Å². The van der Waals surface area contributed by atoms with Gasteiger partial charge in [0.1, 0.15) is 15.9 Å². The van der Waals surface area contributed by atoms with Crippen molar-refractivity contribution in [3.8, 4) is 0 Å². The molecule has 0 saturated heterocycles. The maximum absolute atomic E-state index is 11.6. The lowest BCUT2D eigenvalue weighted by molar-refractivity contribution is 0.0503. The minimum absolute atomic E-state index is 0.0762. The van der Waals surface area contributed by atoms with Crippen LogP contribution in [0.15, 0.2) is 10.7 Å². The monoisotopic (exact) mass is 345 g/mol. The highest BCUT2D eigenvalue weighted by atomic mass is 79.9. The van der Waals surface area contributed by atoms with Crippen LogP contribution in [0.3, 0.4) is 0 Å². The molecule has 112 valence electrons.